The van der Waals surface area contributed by atoms with E-state index in [9.17, 15) is 9.59 Å². The molecule has 2 amide bonds. The van der Waals surface area contributed by atoms with Gasteiger partial charge in [-0.25, -0.2) is 4.98 Å². The van der Waals surface area contributed by atoms with E-state index < -0.39 is 0 Å². The van der Waals surface area contributed by atoms with Gasteiger partial charge < -0.3 is 15.6 Å². The van der Waals surface area contributed by atoms with E-state index >= 15 is 0 Å². The fourth-order valence-electron chi connectivity index (χ4n) is 3.35. The van der Waals surface area contributed by atoms with Crippen molar-refractivity contribution in [3.63, 3.8) is 0 Å². The van der Waals surface area contributed by atoms with Crippen LogP contribution in [0.5, 0.6) is 0 Å². The number of fused-ring (bicyclic) bond motifs is 2. The maximum absolute atomic E-state index is 12.4. The molecule has 0 fully saturated rings. The fraction of sp³-hybridized carbons (Fsp3) is 0.190. The summed E-state index contributed by atoms with van der Waals surface area (Å²) in [6.07, 6.45) is 5.14. The van der Waals surface area contributed by atoms with Crippen LogP contribution < -0.4 is 10.6 Å². The minimum Gasteiger partial charge on any atom is -0.358 e. The number of nitrogens with one attached hydrogen (secondary N) is 3. The molecule has 1 aromatic carbocycles. The summed E-state index contributed by atoms with van der Waals surface area (Å²) in [4.78, 5) is 31.6. The van der Waals surface area contributed by atoms with Crippen molar-refractivity contribution in [2.24, 2.45) is 0 Å². The van der Waals surface area contributed by atoms with E-state index in [1.54, 1.807) is 13.2 Å². The normalized spacial score (nSPS) is 14.0. The number of rotatable bonds is 4. The summed E-state index contributed by atoms with van der Waals surface area (Å²) in [5, 5.41) is 6.60. The summed E-state index contributed by atoms with van der Waals surface area (Å²) in [6.45, 7) is 0. The summed E-state index contributed by atoms with van der Waals surface area (Å²) in [5.41, 5.74) is 4.51. The molecule has 1 aliphatic rings. The largest absolute Gasteiger partial charge is 0.358 e. The highest BCUT2D eigenvalue weighted by atomic mass is 16.2. The smallest absolute Gasteiger partial charge is 0.247 e. The highest BCUT2D eigenvalue weighted by Crippen LogP contribution is 2.23. The molecule has 0 aliphatic carbocycles. The van der Waals surface area contributed by atoms with Gasteiger partial charge in [-0.15, -0.1) is 0 Å². The predicted octanol–water partition coefficient (Wildman–Crippen LogP) is 2.82. The lowest BCUT2D eigenvalue weighted by atomic mass is 10.0. The number of aryl methyl sites for hydroxylation is 1. The van der Waals surface area contributed by atoms with Crippen molar-refractivity contribution in [2.75, 3.05) is 12.4 Å². The third-order valence-electron chi connectivity index (χ3n) is 4.69. The monoisotopic (exact) mass is 360 g/mol. The van der Waals surface area contributed by atoms with Crippen LogP contribution in [0.3, 0.4) is 0 Å². The van der Waals surface area contributed by atoms with E-state index in [0.717, 1.165) is 27.7 Å². The molecule has 6 nitrogen and oxygen atoms in total. The molecular weight excluding hydrogens is 340 g/mol. The van der Waals surface area contributed by atoms with Crippen LogP contribution in [-0.4, -0.2) is 28.8 Å². The Hall–Kier alpha value is -3.41. The molecule has 0 atom stereocenters. The van der Waals surface area contributed by atoms with Crippen LogP contribution in [-0.2, 0) is 22.4 Å². The first-order valence-electron chi connectivity index (χ1n) is 8.90. The second-order valence-corrected chi connectivity index (χ2v) is 6.63. The SMILES string of the molecule is CNC(=O)C(=Cc1cnc2c(c1)CCC(=O)N2)Cc1cc2ccccc2[nH]1. The summed E-state index contributed by atoms with van der Waals surface area (Å²) in [5.74, 6) is 0.475. The Kier molecular flexibility index (Phi) is 4.46. The van der Waals surface area contributed by atoms with Gasteiger partial charge in [0.15, 0.2) is 0 Å². The topological polar surface area (TPSA) is 86.9 Å². The van der Waals surface area contributed by atoms with Crippen molar-refractivity contribution >= 4 is 34.6 Å². The van der Waals surface area contributed by atoms with Crippen LogP contribution in [0.1, 0.15) is 23.2 Å². The number of pyridine rings is 1. The van der Waals surface area contributed by atoms with Gasteiger partial charge in [0, 0.05) is 42.9 Å². The number of likely N-dealkylation sites (N-methyl/N-ethyl adjacent to an activating group) is 1. The lowest BCUT2D eigenvalue weighted by Gasteiger charge is -2.15. The molecule has 136 valence electrons. The zero-order valence-corrected chi connectivity index (χ0v) is 15.0. The van der Waals surface area contributed by atoms with E-state index in [2.05, 4.69) is 26.7 Å². The number of aromatic amines is 1. The van der Waals surface area contributed by atoms with Crippen LogP contribution in [0, 0.1) is 0 Å². The molecule has 4 rings (SSSR count). The lowest BCUT2D eigenvalue weighted by molar-refractivity contribution is -0.117. The van der Waals surface area contributed by atoms with Gasteiger partial charge in [-0.2, -0.15) is 0 Å². The molecule has 0 radical (unpaired) electrons. The molecule has 3 heterocycles. The molecule has 0 bridgehead atoms. The first-order valence-corrected chi connectivity index (χ1v) is 8.90. The lowest BCUT2D eigenvalue weighted by Crippen LogP contribution is -2.21. The van der Waals surface area contributed by atoms with Crippen molar-refractivity contribution in [2.45, 2.75) is 19.3 Å². The average molecular weight is 360 g/mol. The molecule has 27 heavy (non-hydrogen) atoms. The van der Waals surface area contributed by atoms with E-state index in [-0.39, 0.29) is 11.8 Å². The first-order chi connectivity index (χ1) is 13.1. The van der Waals surface area contributed by atoms with Gasteiger partial charge in [-0.3, -0.25) is 9.59 Å². The van der Waals surface area contributed by atoms with Gasteiger partial charge in [-0.1, -0.05) is 18.2 Å². The van der Waals surface area contributed by atoms with Crippen molar-refractivity contribution in [3.05, 3.63) is 65.0 Å². The van der Waals surface area contributed by atoms with Gasteiger partial charge in [0.1, 0.15) is 5.82 Å². The van der Waals surface area contributed by atoms with E-state index in [1.165, 1.54) is 0 Å². The Morgan fingerprint density at radius 3 is 2.93 bits per heavy atom. The number of hydrogen-bond donors (Lipinski definition) is 3. The second kappa shape index (κ2) is 7.07. The third kappa shape index (κ3) is 3.60. The third-order valence-corrected chi connectivity index (χ3v) is 4.69. The second-order valence-electron chi connectivity index (χ2n) is 6.63. The minimum absolute atomic E-state index is 0.0110. The molecule has 3 aromatic rings. The number of anilines is 1. The first kappa shape index (κ1) is 17.0. The van der Waals surface area contributed by atoms with Crippen molar-refractivity contribution in [3.8, 4) is 0 Å². The molecule has 2 aromatic heterocycles. The molecule has 0 unspecified atom stereocenters. The van der Waals surface area contributed by atoms with Crippen molar-refractivity contribution in [1.82, 2.24) is 15.3 Å². The Morgan fingerprint density at radius 2 is 2.11 bits per heavy atom. The van der Waals surface area contributed by atoms with Gasteiger partial charge in [0.2, 0.25) is 11.8 Å². The number of aromatic nitrogens is 2. The van der Waals surface area contributed by atoms with Crippen LogP contribution in [0.15, 0.2) is 48.2 Å². The van der Waals surface area contributed by atoms with Crippen LogP contribution in [0.25, 0.3) is 17.0 Å². The molecule has 0 spiro atoms. The van der Waals surface area contributed by atoms with Gasteiger partial charge in [-0.05, 0) is 47.2 Å². The molecule has 3 N–H and O–H groups in total. The molecule has 0 saturated heterocycles. The number of H-pyrrole nitrogens is 1. The highest BCUT2D eigenvalue weighted by molar-refractivity contribution is 5.98. The summed E-state index contributed by atoms with van der Waals surface area (Å²) in [6, 6.07) is 12.1. The number of amides is 2. The highest BCUT2D eigenvalue weighted by Gasteiger charge is 2.17. The summed E-state index contributed by atoms with van der Waals surface area (Å²) in [7, 11) is 1.63. The number of para-hydroxylation sites is 1. The Balaban J connectivity index is 1.65. The quantitative estimate of drug-likeness (QED) is 0.625. The number of hydrogen-bond acceptors (Lipinski definition) is 3. The van der Waals surface area contributed by atoms with E-state index in [4.69, 9.17) is 0 Å². The molecular formula is C21H20N4O2. The average Bonchev–Trinajstić information content (AvgIpc) is 3.09. The standard InChI is InChI=1S/C21H20N4O2/c1-22-21(27)16(11-17-10-14-4-2-3-5-18(14)24-17)9-13-8-15-6-7-19(26)25-20(15)23-12-13/h2-5,8-10,12,24H,6-7,11H2,1H3,(H,22,27)(H,23,25,26). The van der Waals surface area contributed by atoms with E-state index in [1.807, 2.05) is 36.4 Å². The van der Waals surface area contributed by atoms with Crippen molar-refractivity contribution < 1.29 is 9.59 Å². The Morgan fingerprint density at radius 1 is 1.26 bits per heavy atom. The van der Waals surface area contributed by atoms with Crippen molar-refractivity contribution in [1.29, 1.82) is 0 Å². The summed E-state index contributed by atoms with van der Waals surface area (Å²) >= 11 is 0. The molecule has 1 aliphatic heterocycles. The molecule has 6 heteroatoms. The number of nitrogens with zero attached hydrogens (tertiary/aromatic N) is 1. The Bertz CT molecular complexity index is 1030. The Labute approximate surface area is 156 Å². The number of carbonyl (C=O) groups is 2. The predicted molar refractivity (Wildman–Crippen MR) is 105 cm³/mol. The van der Waals surface area contributed by atoms with Crippen LogP contribution in [0.4, 0.5) is 5.82 Å². The number of benzene rings is 1. The van der Waals surface area contributed by atoms with Crippen LogP contribution >= 0.6 is 0 Å². The fourth-order valence-corrected chi connectivity index (χ4v) is 3.35. The molecule has 0 saturated carbocycles. The zero-order chi connectivity index (χ0) is 18.8. The van der Waals surface area contributed by atoms with Gasteiger partial charge in [0.05, 0.1) is 0 Å². The van der Waals surface area contributed by atoms with Crippen LogP contribution in [0.2, 0.25) is 0 Å². The summed E-state index contributed by atoms with van der Waals surface area (Å²) < 4.78 is 0. The minimum atomic E-state index is -0.125. The maximum atomic E-state index is 12.4. The van der Waals surface area contributed by atoms with Gasteiger partial charge >= 0.3 is 0 Å². The maximum Gasteiger partial charge on any atom is 0.247 e. The van der Waals surface area contributed by atoms with E-state index in [0.29, 0.717) is 30.7 Å². The number of carbonyl (C=O) groups excluding carboxylic acids is 2. The van der Waals surface area contributed by atoms with Gasteiger partial charge in [0.25, 0.3) is 0 Å². The zero-order valence-electron chi connectivity index (χ0n) is 15.0.